The maximum Gasteiger partial charge on any atom is 0.0613 e. The molecule has 2 rings (SSSR count). The quantitative estimate of drug-likeness (QED) is 0.549. The molecular weight excluding hydrogens is 188 g/mol. The molecule has 0 spiro atoms. The first kappa shape index (κ1) is 10.4. The van der Waals surface area contributed by atoms with Crippen LogP contribution in [0.25, 0.3) is 0 Å². The molecular formula is C11H18N4. The number of hydrogen-bond donors (Lipinski definition) is 2. The van der Waals surface area contributed by atoms with Gasteiger partial charge in [0.25, 0.3) is 0 Å². The number of nitrogens with one attached hydrogen (secondary N) is 1. The SMILES string of the molecule is NNCN1CCN(c2ccccc2)CC1. The first-order valence-electron chi connectivity index (χ1n) is 5.36. The van der Waals surface area contributed by atoms with E-state index in [1.165, 1.54) is 5.69 Å². The first-order valence-corrected chi connectivity index (χ1v) is 5.36. The molecule has 1 fully saturated rings. The Balaban J connectivity index is 1.88. The number of anilines is 1. The summed E-state index contributed by atoms with van der Waals surface area (Å²) in [4.78, 5) is 4.73. The van der Waals surface area contributed by atoms with Crippen LogP contribution in [0.1, 0.15) is 0 Å². The molecule has 82 valence electrons. The van der Waals surface area contributed by atoms with Gasteiger partial charge in [-0.05, 0) is 12.1 Å². The average Bonchev–Trinajstić information content (AvgIpc) is 2.32. The van der Waals surface area contributed by atoms with Gasteiger partial charge in [0.2, 0.25) is 0 Å². The van der Waals surface area contributed by atoms with E-state index in [1.54, 1.807) is 0 Å². The van der Waals surface area contributed by atoms with Crippen molar-refractivity contribution in [1.29, 1.82) is 0 Å². The fraction of sp³-hybridized carbons (Fsp3) is 0.455. The molecule has 1 heterocycles. The van der Waals surface area contributed by atoms with Crippen LogP contribution < -0.4 is 16.2 Å². The molecule has 0 aromatic heterocycles. The van der Waals surface area contributed by atoms with E-state index >= 15 is 0 Å². The minimum Gasteiger partial charge on any atom is -0.369 e. The monoisotopic (exact) mass is 206 g/mol. The van der Waals surface area contributed by atoms with Crippen molar-refractivity contribution in [3.63, 3.8) is 0 Å². The van der Waals surface area contributed by atoms with Crippen molar-refractivity contribution in [2.45, 2.75) is 0 Å². The topological polar surface area (TPSA) is 44.5 Å². The molecule has 0 atom stereocenters. The van der Waals surface area contributed by atoms with Gasteiger partial charge in [0.1, 0.15) is 0 Å². The Labute approximate surface area is 90.6 Å². The van der Waals surface area contributed by atoms with Crippen LogP contribution in [0.4, 0.5) is 5.69 Å². The molecule has 0 saturated carbocycles. The van der Waals surface area contributed by atoms with Gasteiger partial charge in [0.15, 0.2) is 0 Å². The van der Waals surface area contributed by atoms with Gasteiger partial charge < -0.3 is 4.90 Å². The van der Waals surface area contributed by atoms with Crippen LogP contribution in [0.5, 0.6) is 0 Å². The molecule has 1 aliphatic heterocycles. The first-order chi connectivity index (χ1) is 7.40. The van der Waals surface area contributed by atoms with Crippen molar-refractivity contribution < 1.29 is 0 Å². The van der Waals surface area contributed by atoms with E-state index in [0.717, 1.165) is 32.8 Å². The van der Waals surface area contributed by atoms with E-state index in [-0.39, 0.29) is 0 Å². The number of rotatable bonds is 3. The van der Waals surface area contributed by atoms with Crippen molar-refractivity contribution in [2.75, 3.05) is 37.7 Å². The molecule has 0 radical (unpaired) electrons. The Hall–Kier alpha value is -1.10. The third-order valence-corrected chi connectivity index (χ3v) is 2.81. The van der Waals surface area contributed by atoms with Gasteiger partial charge in [-0.2, -0.15) is 0 Å². The number of hydrogen-bond acceptors (Lipinski definition) is 4. The van der Waals surface area contributed by atoms with Gasteiger partial charge in [-0.1, -0.05) is 18.2 Å². The standard InChI is InChI=1S/C11H18N4/c12-13-10-14-6-8-15(9-7-14)11-4-2-1-3-5-11/h1-5,13H,6-10,12H2. The van der Waals surface area contributed by atoms with Crippen molar-refractivity contribution in [3.05, 3.63) is 30.3 Å². The maximum atomic E-state index is 5.30. The molecule has 0 unspecified atom stereocenters. The minimum absolute atomic E-state index is 0.780. The van der Waals surface area contributed by atoms with E-state index in [4.69, 9.17) is 5.84 Å². The van der Waals surface area contributed by atoms with Crippen molar-refractivity contribution in [3.8, 4) is 0 Å². The van der Waals surface area contributed by atoms with Gasteiger partial charge in [0.05, 0.1) is 6.67 Å². The molecule has 0 amide bonds. The predicted octanol–water partition coefficient (Wildman–Crippen LogP) is 0.229. The Morgan fingerprint density at radius 2 is 1.73 bits per heavy atom. The minimum atomic E-state index is 0.780. The maximum absolute atomic E-state index is 5.30. The molecule has 4 heteroatoms. The number of nitrogens with zero attached hydrogens (tertiary/aromatic N) is 2. The molecule has 3 N–H and O–H groups in total. The summed E-state index contributed by atoms with van der Waals surface area (Å²) >= 11 is 0. The normalized spacial score (nSPS) is 18.1. The highest BCUT2D eigenvalue weighted by Crippen LogP contribution is 2.14. The average molecular weight is 206 g/mol. The third kappa shape index (κ3) is 2.68. The van der Waals surface area contributed by atoms with Crippen LogP contribution in [-0.4, -0.2) is 37.7 Å². The van der Waals surface area contributed by atoms with Gasteiger partial charge in [0, 0.05) is 31.9 Å². The molecule has 15 heavy (non-hydrogen) atoms. The summed E-state index contributed by atoms with van der Waals surface area (Å²) in [6.45, 7) is 5.07. The predicted molar refractivity (Wildman–Crippen MR) is 62.4 cm³/mol. The number of hydrazine groups is 1. The Morgan fingerprint density at radius 1 is 1.07 bits per heavy atom. The van der Waals surface area contributed by atoms with Crippen molar-refractivity contribution in [2.24, 2.45) is 5.84 Å². The lowest BCUT2D eigenvalue weighted by Gasteiger charge is -2.35. The molecule has 4 nitrogen and oxygen atoms in total. The second-order valence-corrected chi connectivity index (χ2v) is 3.80. The molecule has 1 saturated heterocycles. The number of para-hydroxylation sites is 1. The Morgan fingerprint density at radius 3 is 2.33 bits per heavy atom. The van der Waals surface area contributed by atoms with Crippen LogP contribution in [0.15, 0.2) is 30.3 Å². The Kier molecular flexibility index (Phi) is 3.55. The highest BCUT2D eigenvalue weighted by atomic mass is 15.4. The highest BCUT2D eigenvalue weighted by Gasteiger charge is 2.15. The third-order valence-electron chi connectivity index (χ3n) is 2.81. The highest BCUT2D eigenvalue weighted by molar-refractivity contribution is 5.46. The molecule has 1 aliphatic rings. The van der Waals surface area contributed by atoms with Crippen molar-refractivity contribution in [1.82, 2.24) is 10.3 Å². The van der Waals surface area contributed by atoms with Crippen molar-refractivity contribution >= 4 is 5.69 Å². The van der Waals surface area contributed by atoms with Gasteiger partial charge in [-0.15, -0.1) is 0 Å². The summed E-state index contributed by atoms with van der Waals surface area (Å²) in [6.07, 6.45) is 0. The zero-order valence-electron chi connectivity index (χ0n) is 8.89. The summed E-state index contributed by atoms with van der Waals surface area (Å²) in [5.41, 5.74) is 4.02. The zero-order valence-corrected chi connectivity index (χ0v) is 8.89. The van der Waals surface area contributed by atoms with Crippen LogP contribution in [0.3, 0.4) is 0 Å². The summed E-state index contributed by atoms with van der Waals surface area (Å²) in [5, 5.41) is 0. The fourth-order valence-corrected chi connectivity index (χ4v) is 1.93. The van der Waals surface area contributed by atoms with E-state index < -0.39 is 0 Å². The van der Waals surface area contributed by atoms with Crippen LogP contribution in [-0.2, 0) is 0 Å². The van der Waals surface area contributed by atoms with E-state index in [1.807, 2.05) is 0 Å². The van der Waals surface area contributed by atoms with E-state index in [9.17, 15) is 0 Å². The lowest BCUT2D eigenvalue weighted by molar-refractivity contribution is 0.240. The Bertz CT molecular complexity index is 280. The lowest BCUT2D eigenvalue weighted by Crippen LogP contribution is -2.50. The van der Waals surface area contributed by atoms with Crippen LogP contribution in [0.2, 0.25) is 0 Å². The molecule has 1 aromatic carbocycles. The number of benzene rings is 1. The summed E-state index contributed by atoms with van der Waals surface area (Å²) in [7, 11) is 0. The second kappa shape index (κ2) is 5.11. The van der Waals surface area contributed by atoms with Gasteiger partial charge >= 0.3 is 0 Å². The summed E-state index contributed by atoms with van der Waals surface area (Å²) in [6, 6.07) is 10.6. The summed E-state index contributed by atoms with van der Waals surface area (Å²) in [5.74, 6) is 5.30. The smallest absolute Gasteiger partial charge is 0.0613 e. The largest absolute Gasteiger partial charge is 0.369 e. The lowest BCUT2D eigenvalue weighted by atomic mass is 10.2. The fourth-order valence-electron chi connectivity index (χ4n) is 1.93. The van der Waals surface area contributed by atoms with Crippen LogP contribution in [0, 0.1) is 0 Å². The molecule has 1 aromatic rings. The summed E-state index contributed by atoms with van der Waals surface area (Å²) < 4.78 is 0. The number of nitrogens with two attached hydrogens (primary N) is 1. The van der Waals surface area contributed by atoms with Crippen LogP contribution >= 0.6 is 0 Å². The zero-order chi connectivity index (χ0) is 10.5. The second-order valence-electron chi connectivity index (χ2n) is 3.80. The van der Waals surface area contributed by atoms with E-state index in [0.29, 0.717) is 0 Å². The number of piperazine rings is 1. The van der Waals surface area contributed by atoms with Gasteiger partial charge in [-0.25, -0.2) is 5.43 Å². The molecule has 0 bridgehead atoms. The van der Waals surface area contributed by atoms with E-state index in [2.05, 4.69) is 45.6 Å². The molecule has 0 aliphatic carbocycles. The van der Waals surface area contributed by atoms with Gasteiger partial charge in [-0.3, -0.25) is 10.7 Å².